The minimum Gasteiger partial charge on any atom is -0.379 e. The van der Waals surface area contributed by atoms with Crippen LogP contribution in [0.5, 0.6) is 0 Å². The Kier molecular flexibility index (Phi) is 4.07. The van der Waals surface area contributed by atoms with Crippen LogP contribution in [0.1, 0.15) is 0 Å². The van der Waals surface area contributed by atoms with Gasteiger partial charge in [-0.15, -0.1) is 0 Å². The molecule has 10 heteroatoms. The maximum absolute atomic E-state index is 12.5. The van der Waals surface area contributed by atoms with E-state index in [-0.39, 0.29) is 23.5 Å². The van der Waals surface area contributed by atoms with Crippen molar-refractivity contribution in [3.05, 3.63) is 24.4 Å². The molecular weight excluding hydrogens is 335 g/mol. The van der Waals surface area contributed by atoms with Gasteiger partial charge in [0.05, 0.1) is 29.8 Å². The summed E-state index contributed by atoms with van der Waals surface area (Å²) in [5.41, 5.74) is 0.239. The van der Waals surface area contributed by atoms with E-state index in [0.717, 1.165) is 4.68 Å². The van der Waals surface area contributed by atoms with Crippen molar-refractivity contribution >= 4 is 20.9 Å². The van der Waals surface area contributed by atoms with Crippen molar-refractivity contribution in [3.8, 4) is 0 Å². The van der Waals surface area contributed by atoms with E-state index in [1.54, 1.807) is 0 Å². The van der Waals surface area contributed by atoms with Gasteiger partial charge in [0.15, 0.2) is 0 Å². The summed E-state index contributed by atoms with van der Waals surface area (Å²) < 4.78 is 69.7. The first-order chi connectivity index (χ1) is 10.8. The normalized spacial score (nSPS) is 17.7. The molecule has 1 aliphatic rings. The molecule has 0 radical (unpaired) electrons. The van der Waals surface area contributed by atoms with Crippen molar-refractivity contribution in [1.29, 1.82) is 0 Å². The van der Waals surface area contributed by atoms with Crippen molar-refractivity contribution in [2.75, 3.05) is 26.3 Å². The third-order valence-corrected chi connectivity index (χ3v) is 5.44. The Morgan fingerprint density at radius 3 is 2.57 bits per heavy atom. The number of alkyl halides is 3. The van der Waals surface area contributed by atoms with Crippen LogP contribution in [0.3, 0.4) is 0 Å². The van der Waals surface area contributed by atoms with Gasteiger partial charge in [-0.2, -0.15) is 22.6 Å². The number of benzene rings is 1. The van der Waals surface area contributed by atoms with E-state index in [9.17, 15) is 21.6 Å². The Balaban J connectivity index is 1.94. The number of aromatic nitrogens is 2. The van der Waals surface area contributed by atoms with Gasteiger partial charge in [0, 0.05) is 18.5 Å². The summed E-state index contributed by atoms with van der Waals surface area (Å²) in [5.74, 6) is 0. The summed E-state index contributed by atoms with van der Waals surface area (Å²) in [6.07, 6.45) is -3.16. The van der Waals surface area contributed by atoms with Crippen LogP contribution in [0.4, 0.5) is 13.2 Å². The van der Waals surface area contributed by atoms with Gasteiger partial charge in [-0.3, -0.25) is 4.68 Å². The van der Waals surface area contributed by atoms with Crippen molar-refractivity contribution in [2.45, 2.75) is 17.6 Å². The fourth-order valence-corrected chi connectivity index (χ4v) is 3.90. The van der Waals surface area contributed by atoms with Gasteiger partial charge in [0.2, 0.25) is 10.0 Å². The van der Waals surface area contributed by atoms with Gasteiger partial charge in [-0.1, -0.05) is 0 Å². The minimum absolute atomic E-state index is 0.0402. The van der Waals surface area contributed by atoms with Crippen LogP contribution in [0, 0.1) is 0 Å². The lowest BCUT2D eigenvalue weighted by molar-refractivity contribution is -0.141. The molecule has 1 fully saturated rings. The summed E-state index contributed by atoms with van der Waals surface area (Å²) >= 11 is 0. The Hall–Kier alpha value is -1.65. The van der Waals surface area contributed by atoms with Crippen LogP contribution in [0.25, 0.3) is 10.9 Å². The van der Waals surface area contributed by atoms with Crippen molar-refractivity contribution in [1.82, 2.24) is 14.1 Å². The molecule has 1 aromatic heterocycles. The lowest BCUT2D eigenvalue weighted by atomic mass is 10.2. The summed E-state index contributed by atoms with van der Waals surface area (Å²) in [6, 6.07) is 4.00. The maximum Gasteiger partial charge on any atom is 0.408 e. The van der Waals surface area contributed by atoms with Gasteiger partial charge in [-0.25, -0.2) is 8.42 Å². The largest absolute Gasteiger partial charge is 0.408 e. The molecule has 0 N–H and O–H groups in total. The van der Waals surface area contributed by atoms with Crippen LogP contribution in [0.15, 0.2) is 29.3 Å². The SMILES string of the molecule is O=S(=O)(c1ccc2c(cnn2CC(F)(F)F)c1)N1CCOCC1. The molecule has 6 nitrogen and oxygen atoms in total. The summed E-state index contributed by atoms with van der Waals surface area (Å²) in [7, 11) is -3.69. The first-order valence-corrected chi connectivity index (χ1v) is 8.32. The Morgan fingerprint density at radius 2 is 1.91 bits per heavy atom. The zero-order chi connectivity index (χ0) is 16.7. The summed E-state index contributed by atoms with van der Waals surface area (Å²) in [5, 5.41) is 4.04. The van der Waals surface area contributed by atoms with Gasteiger partial charge in [-0.05, 0) is 18.2 Å². The Labute approximate surface area is 130 Å². The van der Waals surface area contributed by atoms with Crippen LogP contribution in [0.2, 0.25) is 0 Å². The maximum atomic E-state index is 12.5. The van der Waals surface area contributed by atoms with E-state index in [1.807, 2.05) is 0 Å². The molecule has 0 bridgehead atoms. The monoisotopic (exact) mass is 349 g/mol. The van der Waals surface area contributed by atoms with Crippen LogP contribution in [-0.2, 0) is 21.3 Å². The van der Waals surface area contributed by atoms with Crippen molar-refractivity contribution < 1.29 is 26.3 Å². The van der Waals surface area contributed by atoms with E-state index < -0.39 is 22.7 Å². The number of morpholine rings is 1. The average molecular weight is 349 g/mol. The minimum atomic E-state index is -4.39. The highest BCUT2D eigenvalue weighted by Crippen LogP contribution is 2.25. The number of rotatable bonds is 3. The van der Waals surface area contributed by atoms with Crippen molar-refractivity contribution in [3.63, 3.8) is 0 Å². The van der Waals surface area contributed by atoms with Crippen LogP contribution < -0.4 is 0 Å². The Bertz CT molecular complexity index is 811. The zero-order valence-corrected chi connectivity index (χ0v) is 12.8. The summed E-state index contributed by atoms with van der Waals surface area (Å²) in [4.78, 5) is 0.0402. The number of hydrogen-bond acceptors (Lipinski definition) is 4. The fourth-order valence-electron chi connectivity index (χ4n) is 2.46. The van der Waals surface area contributed by atoms with Crippen LogP contribution >= 0.6 is 0 Å². The second kappa shape index (κ2) is 5.77. The molecule has 1 aliphatic heterocycles. The number of ether oxygens (including phenoxy) is 1. The molecule has 126 valence electrons. The average Bonchev–Trinajstić information content (AvgIpc) is 2.88. The van der Waals surface area contributed by atoms with Gasteiger partial charge < -0.3 is 4.74 Å². The molecule has 23 heavy (non-hydrogen) atoms. The number of halogens is 3. The number of hydrogen-bond donors (Lipinski definition) is 0. The molecule has 0 aliphatic carbocycles. The van der Waals surface area contributed by atoms with E-state index in [2.05, 4.69) is 5.10 Å². The zero-order valence-electron chi connectivity index (χ0n) is 12.0. The number of sulfonamides is 1. The fraction of sp³-hybridized carbons (Fsp3) is 0.462. The molecule has 2 heterocycles. The summed E-state index contributed by atoms with van der Waals surface area (Å²) in [6.45, 7) is -0.0521. The lowest BCUT2D eigenvalue weighted by Crippen LogP contribution is -2.40. The molecule has 1 aromatic carbocycles. The third-order valence-electron chi connectivity index (χ3n) is 3.55. The van der Waals surface area contributed by atoms with Gasteiger partial charge in [0.1, 0.15) is 6.54 Å². The standard InChI is InChI=1S/C13H14F3N3O3S/c14-13(15,16)9-19-12-2-1-11(7-10(12)8-17-19)23(20,21)18-3-5-22-6-4-18/h1-2,7-8H,3-6,9H2. The van der Waals surface area contributed by atoms with E-state index >= 15 is 0 Å². The topological polar surface area (TPSA) is 64.4 Å². The second-order valence-corrected chi connectivity index (χ2v) is 7.09. The molecule has 0 atom stereocenters. The lowest BCUT2D eigenvalue weighted by Gasteiger charge is -2.26. The highest BCUT2D eigenvalue weighted by Gasteiger charge is 2.30. The molecule has 0 unspecified atom stereocenters. The number of fused-ring (bicyclic) bond motifs is 1. The van der Waals surface area contributed by atoms with Crippen molar-refractivity contribution in [2.24, 2.45) is 0 Å². The molecule has 0 amide bonds. The second-order valence-electron chi connectivity index (χ2n) is 5.15. The highest BCUT2D eigenvalue weighted by molar-refractivity contribution is 7.89. The predicted octanol–water partition coefficient (Wildman–Crippen LogP) is 1.62. The highest BCUT2D eigenvalue weighted by atomic mass is 32.2. The smallest absolute Gasteiger partial charge is 0.379 e. The Morgan fingerprint density at radius 1 is 1.22 bits per heavy atom. The van der Waals surface area contributed by atoms with E-state index in [1.165, 1.54) is 28.7 Å². The van der Waals surface area contributed by atoms with Gasteiger partial charge in [0.25, 0.3) is 0 Å². The molecule has 0 saturated carbocycles. The third kappa shape index (κ3) is 3.33. The molecular formula is C13H14F3N3O3S. The predicted molar refractivity (Wildman–Crippen MR) is 75.4 cm³/mol. The number of nitrogens with zero attached hydrogens (tertiary/aromatic N) is 3. The molecule has 0 spiro atoms. The first-order valence-electron chi connectivity index (χ1n) is 6.88. The molecule has 3 rings (SSSR count). The van der Waals surface area contributed by atoms with Crippen LogP contribution in [-0.4, -0.2) is 55.0 Å². The van der Waals surface area contributed by atoms with E-state index in [0.29, 0.717) is 18.6 Å². The molecule has 1 saturated heterocycles. The first kappa shape index (κ1) is 16.2. The van der Waals surface area contributed by atoms with E-state index in [4.69, 9.17) is 4.74 Å². The molecule has 2 aromatic rings. The van der Waals surface area contributed by atoms with Gasteiger partial charge >= 0.3 is 6.18 Å². The quantitative estimate of drug-likeness (QED) is 0.845.